The Kier molecular flexibility index (Phi) is 4.21. The standard InChI is InChI=1S/C19H23N3O3/c1-21-16-8-3-2-7-15(16)20-17(21)12-22-9-10-25-18-13(11-22)5-4-6-14(18)19(23)24/h4-6H,2-3,7-12H2,1H3,(H,23,24). The summed E-state index contributed by atoms with van der Waals surface area (Å²) in [5, 5.41) is 9.36. The summed E-state index contributed by atoms with van der Waals surface area (Å²) in [5.41, 5.74) is 3.80. The normalized spacial score (nSPS) is 17.3. The Morgan fingerprint density at radius 3 is 2.96 bits per heavy atom. The average molecular weight is 341 g/mol. The van der Waals surface area contributed by atoms with E-state index in [2.05, 4.69) is 16.5 Å². The fourth-order valence-corrected chi connectivity index (χ4v) is 3.86. The van der Waals surface area contributed by atoms with Crippen LogP contribution in [0, 0.1) is 0 Å². The van der Waals surface area contributed by atoms with Crippen molar-refractivity contribution in [1.82, 2.24) is 14.5 Å². The number of aryl methyl sites for hydroxylation is 1. The van der Waals surface area contributed by atoms with E-state index < -0.39 is 5.97 Å². The lowest BCUT2D eigenvalue weighted by Gasteiger charge is -2.19. The van der Waals surface area contributed by atoms with E-state index in [9.17, 15) is 9.90 Å². The van der Waals surface area contributed by atoms with Gasteiger partial charge in [-0.05, 0) is 31.7 Å². The van der Waals surface area contributed by atoms with Crippen LogP contribution in [0.25, 0.3) is 0 Å². The molecule has 6 heteroatoms. The van der Waals surface area contributed by atoms with Crippen LogP contribution in [-0.4, -0.2) is 38.7 Å². The number of carboxylic acid groups (broad SMARTS) is 1. The molecule has 1 aliphatic carbocycles. The van der Waals surface area contributed by atoms with Gasteiger partial charge in [-0.3, -0.25) is 4.90 Å². The van der Waals surface area contributed by atoms with Crippen molar-refractivity contribution in [2.45, 2.75) is 38.8 Å². The molecule has 0 bridgehead atoms. The van der Waals surface area contributed by atoms with Crippen LogP contribution in [-0.2, 0) is 33.0 Å². The molecule has 0 radical (unpaired) electrons. The maximum absolute atomic E-state index is 11.4. The number of carbonyl (C=O) groups is 1. The molecular formula is C19H23N3O3. The number of aromatic carboxylic acids is 1. The van der Waals surface area contributed by atoms with Crippen LogP contribution in [0.4, 0.5) is 0 Å². The van der Waals surface area contributed by atoms with Gasteiger partial charge in [-0.1, -0.05) is 12.1 Å². The van der Waals surface area contributed by atoms with Crippen LogP contribution in [0.2, 0.25) is 0 Å². The Hall–Kier alpha value is -2.34. The minimum atomic E-state index is -0.943. The summed E-state index contributed by atoms with van der Waals surface area (Å²) >= 11 is 0. The molecule has 0 saturated heterocycles. The van der Waals surface area contributed by atoms with Crippen LogP contribution in [0.15, 0.2) is 18.2 Å². The van der Waals surface area contributed by atoms with Crippen molar-refractivity contribution in [2.75, 3.05) is 13.2 Å². The number of imidazole rings is 1. The monoisotopic (exact) mass is 341 g/mol. The Morgan fingerprint density at radius 1 is 1.32 bits per heavy atom. The number of carboxylic acids is 1. The van der Waals surface area contributed by atoms with Gasteiger partial charge in [0.25, 0.3) is 0 Å². The Bertz CT molecular complexity index is 812. The molecule has 6 nitrogen and oxygen atoms in total. The maximum Gasteiger partial charge on any atom is 0.339 e. The Balaban J connectivity index is 1.58. The number of ether oxygens (including phenoxy) is 1. The number of rotatable bonds is 3. The van der Waals surface area contributed by atoms with Crippen molar-refractivity contribution in [3.05, 3.63) is 46.5 Å². The lowest BCUT2D eigenvalue weighted by Crippen LogP contribution is -2.26. The Labute approximate surface area is 147 Å². The highest BCUT2D eigenvalue weighted by molar-refractivity contribution is 5.91. The van der Waals surface area contributed by atoms with Gasteiger partial charge in [-0.2, -0.15) is 0 Å². The summed E-state index contributed by atoms with van der Waals surface area (Å²) in [6.45, 7) is 2.67. The molecule has 4 rings (SSSR count). The van der Waals surface area contributed by atoms with Crippen LogP contribution in [0.3, 0.4) is 0 Å². The van der Waals surface area contributed by atoms with Crippen LogP contribution in [0.1, 0.15) is 46.0 Å². The van der Waals surface area contributed by atoms with Gasteiger partial charge in [0.05, 0.1) is 12.2 Å². The van der Waals surface area contributed by atoms with Gasteiger partial charge >= 0.3 is 5.97 Å². The van der Waals surface area contributed by atoms with E-state index in [1.807, 2.05) is 6.07 Å². The Morgan fingerprint density at radius 2 is 2.16 bits per heavy atom. The SMILES string of the molecule is Cn1c(CN2CCOc3c(cccc3C(=O)O)C2)nc2c1CCCC2. The zero-order valence-electron chi connectivity index (χ0n) is 14.5. The van der Waals surface area contributed by atoms with Crippen molar-refractivity contribution >= 4 is 5.97 Å². The highest BCUT2D eigenvalue weighted by atomic mass is 16.5. The fraction of sp³-hybridized carbons (Fsp3) is 0.474. The molecule has 0 unspecified atom stereocenters. The quantitative estimate of drug-likeness (QED) is 0.928. The number of hydrogen-bond donors (Lipinski definition) is 1. The molecule has 25 heavy (non-hydrogen) atoms. The van der Waals surface area contributed by atoms with E-state index in [-0.39, 0.29) is 5.56 Å². The minimum Gasteiger partial charge on any atom is -0.491 e. The summed E-state index contributed by atoms with van der Waals surface area (Å²) in [6.07, 6.45) is 4.67. The van der Waals surface area contributed by atoms with Gasteiger partial charge in [-0.15, -0.1) is 0 Å². The smallest absolute Gasteiger partial charge is 0.339 e. The van der Waals surface area contributed by atoms with Gasteiger partial charge in [0.2, 0.25) is 0 Å². The molecule has 0 amide bonds. The predicted octanol–water partition coefficient (Wildman–Crippen LogP) is 2.39. The molecule has 2 aromatic rings. The summed E-state index contributed by atoms with van der Waals surface area (Å²) in [5.74, 6) is 0.656. The van der Waals surface area contributed by atoms with Crippen molar-refractivity contribution in [1.29, 1.82) is 0 Å². The number of benzene rings is 1. The molecule has 1 N–H and O–H groups in total. The van der Waals surface area contributed by atoms with Gasteiger partial charge in [0.15, 0.2) is 0 Å². The third kappa shape index (κ3) is 3.02. The van der Waals surface area contributed by atoms with E-state index in [0.29, 0.717) is 18.9 Å². The molecule has 2 aliphatic rings. The van der Waals surface area contributed by atoms with E-state index in [4.69, 9.17) is 9.72 Å². The minimum absolute atomic E-state index is 0.242. The van der Waals surface area contributed by atoms with E-state index >= 15 is 0 Å². The van der Waals surface area contributed by atoms with Crippen molar-refractivity contribution in [3.8, 4) is 5.75 Å². The van der Waals surface area contributed by atoms with Crippen molar-refractivity contribution < 1.29 is 14.6 Å². The van der Waals surface area contributed by atoms with Gasteiger partial charge in [-0.25, -0.2) is 9.78 Å². The molecule has 0 spiro atoms. The fourth-order valence-electron chi connectivity index (χ4n) is 3.86. The first-order valence-corrected chi connectivity index (χ1v) is 8.87. The van der Waals surface area contributed by atoms with Gasteiger partial charge in [0, 0.05) is 31.4 Å². The highest BCUT2D eigenvalue weighted by Crippen LogP contribution is 2.29. The second kappa shape index (κ2) is 6.52. The molecule has 2 heterocycles. The third-order valence-corrected chi connectivity index (χ3v) is 5.21. The van der Waals surface area contributed by atoms with Crippen LogP contribution < -0.4 is 4.74 Å². The summed E-state index contributed by atoms with van der Waals surface area (Å²) < 4.78 is 8.02. The lowest BCUT2D eigenvalue weighted by atomic mass is 10.0. The summed E-state index contributed by atoms with van der Waals surface area (Å²) in [6, 6.07) is 5.34. The number of para-hydroxylation sites is 1. The van der Waals surface area contributed by atoms with Gasteiger partial charge in [0.1, 0.15) is 23.7 Å². The lowest BCUT2D eigenvalue weighted by molar-refractivity contribution is 0.0692. The van der Waals surface area contributed by atoms with E-state index in [0.717, 1.165) is 37.3 Å². The van der Waals surface area contributed by atoms with Crippen molar-refractivity contribution in [2.24, 2.45) is 7.05 Å². The molecule has 0 atom stereocenters. The number of nitrogens with zero attached hydrogens (tertiary/aromatic N) is 3. The maximum atomic E-state index is 11.4. The van der Waals surface area contributed by atoms with Crippen molar-refractivity contribution in [3.63, 3.8) is 0 Å². The van der Waals surface area contributed by atoms with Crippen LogP contribution in [0.5, 0.6) is 5.75 Å². The van der Waals surface area contributed by atoms with Gasteiger partial charge < -0.3 is 14.4 Å². The largest absolute Gasteiger partial charge is 0.491 e. The third-order valence-electron chi connectivity index (χ3n) is 5.21. The zero-order valence-corrected chi connectivity index (χ0v) is 14.5. The predicted molar refractivity (Wildman–Crippen MR) is 92.9 cm³/mol. The van der Waals surface area contributed by atoms with Crippen LogP contribution >= 0.6 is 0 Å². The summed E-state index contributed by atoms with van der Waals surface area (Å²) in [4.78, 5) is 18.6. The second-order valence-electron chi connectivity index (χ2n) is 6.85. The first kappa shape index (κ1) is 16.1. The number of aromatic nitrogens is 2. The topological polar surface area (TPSA) is 67.6 Å². The molecule has 132 valence electrons. The number of fused-ring (bicyclic) bond motifs is 2. The van der Waals surface area contributed by atoms with E-state index in [1.165, 1.54) is 24.2 Å². The average Bonchev–Trinajstić information content (AvgIpc) is 2.78. The summed E-state index contributed by atoms with van der Waals surface area (Å²) in [7, 11) is 2.11. The molecule has 0 saturated carbocycles. The number of hydrogen-bond acceptors (Lipinski definition) is 4. The highest BCUT2D eigenvalue weighted by Gasteiger charge is 2.23. The zero-order chi connectivity index (χ0) is 17.4. The molecular weight excluding hydrogens is 318 g/mol. The first-order chi connectivity index (χ1) is 12.1. The second-order valence-corrected chi connectivity index (χ2v) is 6.85. The van der Waals surface area contributed by atoms with E-state index in [1.54, 1.807) is 12.1 Å². The molecule has 1 aromatic heterocycles. The molecule has 1 aliphatic heterocycles. The molecule has 1 aromatic carbocycles. The first-order valence-electron chi connectivity index (χ1n) is 8.87. The molecule has 0 fully saturated rings.